The Bertz CT molecular complexity index is 312. The molecule has 2 nitrogen and oxygen atoms in total. The van der Waals surface area contributed by atoms with Crippen LogP contribution in [0.2, 0.25) is 5.02 Å². The first kappa shape index (κ1) is 11.3. The SMILES string of the molecule is CCCOc1cc(C)c(Cl)cc1CN. The van der Waals surface area contributed by atoms with Crippen LogP contribution in [0.15, 0.2) is 12.1 Å². The number of nitrogens with two attached hydrogens (primary N) is 1. The second kappa shape index (κ2) is 5.23. The quantitative estimate of drug-likeness (QED) is 0.835. The molecule has 0 amide bonds. The minimum absolute atomic E-state index is 0.457. The zero-order chi connectivity index (χ0) is 10.6. The Morgan fingerprint density at radius 3 is 2.71 bits per heavy atom. The first-order valence-electron chi connectivity index (χ1n) is 4.81. The summed E-state index contributed by atoms with van der Waals surface area (Å²) in [7, 11) is 0. The molecule has 0 atom stereocenters. The summed E-state index contributed by atoms with van der Waals surface area (Å²) in [4.78, 5) is 0. The smallest absolute Gasteiger partial charge is 0.124 e. The van der Waals surface area contributed by atoms with Crippen molar-refractivity contribution in [3.05, 3.63) is 28.3 Å². The predicted molar refractivity (Wildman–Crippen MR) is 59.9 cm³/mol. The molecule has 0 unspecified atom stereocenters. The van der Waals surface area contributed by atoms with E-state index in [0.29, 0.717) is 13.2 Å². The summed E-state index contributed by atoms with van der Waals surface area (Å²) < 4.78 is 5.57. The second-order valence-electron chi connectivity index (χ2n) is 3.26. The van der Waals surface area contributed by atoms with Crippen LogP contribution in [-0.4, -0.2) is 6.61 Å². The van der Waals surface area contributed by atoms with Crippen LogP contribution >= 0.6 is 11.6 Å². The zero-order valence-corrected chi connectivity index (χ0v) is 9.40. The number of benzene rings is 1. The highest BCUT2D eigenvalue weighted by Gasteiger charge is 2.05. The van der Waals surface area contributed by atoms with Crippen molar-refractivity contribution in [3.8, 4) is 5.75 Å². The lowest BCUT2D eigenvalue weighted by atomic mass is 10.1. The second-order valence-corrected chi connectivity index (χ2v) is 3.67. The molecule has 0 saturated carbocycles. The minimum Gasteiger partial charge on any atom is -0.493 e. The Labute approximate surface area is 90.0 Å². The third-order valence-corrected chi connectivity index (χ3v) is 2.43. The molecule has 3 heteroatoms. The molecule has 1 aromatic carbocycles. The molecule has 0 heterocycles. The molecule has 0 aliphatic heterocycles. The maximum absolute atomic E-state index is 5.99. The fourth-order valence-electron chi connectivity index (χ4n) is 1.20. The van der Waals surface area contributed by atoms with E-state index < -0.39 is 0 Å². The third-order valence-electron chi connectivity index (χ3n) is 2.02. The van der Waals surface area contributed by atoms with Gasteiger partial charge in [-0.05, 0) is 31.0 Å². The number of aryl methyl sites for hydroxylation is 1. The van der Waals surface area contributed by atoms with Gasteiger partial charge in [-0.3, -0.25) is 0 Å². The molecule has 1 rings (SSSR count). The highest BCUT2D eigenvalue weighted by atomic mass is 35.5. The van der Waals surface area contributed by atoms with E-state index in [2.05, 4.69) is 6.92 Å². The Morgan fingerprint density at radius 2 is 2.14 bits per heavy atom. The number of hydrogen-bond acceptors (Lipinski definition) is 2. The van der Waals surface area contributed by atoms with Gasteiger partial charge in [-0.2, -0.15) is 0 Å². The van der Waals surface area contributed by atoms with Gasteiger partial charge in [0.15, 0.2) is 0 Å². The van der Waals surface area contributed by atoms with Crippen molar-refractivity contribution >= 4 is 11.6 Å². The van der Waals surface area contributed by atoms with Gasteiger partial charge >= 0.3 is 0 Å². The average molecular weight is 214 g/mol. The Kier molecular flexibility index (Phi) is 4.23. The van der Waals surface area contributed by atoms with Crippen LogP contribution in [-0.2, 0) is 6.54 Å². The maximum Gasteiger partial charge on any atom is 0.124 e. The predicted octanol–water partition coefficient (Wildman–Crippen LogP) is 2.90. The number of ether oxygens (including phenoxy) is 1. The Morgan fingerprint density at radius 1 is 1.43 bits per heavy atom. The third kappa shape index (κ3) is 2.63. The van der Waals surface area contributed by atoms with E-state index in [4.69, 9.17) is 22.1 Å². The van der Waals surface area contributed by atoms with Crippen LogP contribution in [0.1, 0.15) is 24.5 Å². The highest BCUT2D eigenvalue weighted by Crippen LogP contribution is 2.26. The molecule has 0 aliphatic rings. The Hall–Kier alpha value is -0.730. The van der Waals surface area contributed by atoms with Gasteiger partial charge in [-0.15, -0.1) is 0 Å². The van der Waals surface area contributed by atoms with E-state index in [1.165, 1.54) is 0 Å². The molecule has 0 fully saturated rings. The molecule has 1 aromatic rings. The minimum atomic E-state index is 0.457. The van der Waals surface area contributed by atoms with Gasteiger partial charge in [-0.25, -0.2) is 0 Å². The van der Waals surface area contributed by atoms with E-state index in [9.17, 15) is 0 Å². The summed E-state index contributed by atoms with van der Waals surface area (Å²) in [6.07, 6.45) is 0.992. The van der Waals surface area contributed by atoms with Crippen molar-refractivity contribution in [2.24, 2.45) is 5.73 Å². The lowest BCUT2D eigenvalue weighted by molar-refractivity contribution is 0.314. The topological polar surface area (TPSA) is 35.2 Å². The van der Waals surface area contributed by atoms with Gasteiger partial charge in [0, 0.05) is 17.1 Å². The molecule has 2 N–H and O–H groups in total. The van der Waals surface area contributed by atoms with Gasteiger partial charge in [0.1, 0.15) is 5.75 Å². The van der Waals surface area contributed by atoms with Crippen molar-refractivity contribution in [3.63, 3.8) is 0 Å². The molecule has 0 aromatic heterocycles. The van der Waals surface area contributed by atoms with E-state index >= 15 is 0 Å². The van der Waals surface area contributed by atoms with Gasteiger partial charge in [0.25, 0.3) is 0 Å². The molecular formula is C11H16ClNO. The molecule has 0 radical (unpaired) electrons. The lowest BCUT2D eigenvalue weighted by Crippen LogP contribution is -2.03. The van der Waals surface area contributed by atoms with E-state index in [0.717, 1.165) is 28.3 Å². The van der Waals surface area contributed by atoms with Gasteiger partial charge < -0.3 is 10.5 Å². The maximum atomic E-state index is 5.99. The van der Waals surface area contributed by atoms with Crippen LogP contribution in [0.4, 0.5) is 0 Å². The highest BCUT2D eigenvalue weighted by molar-refractivity contribution is 6.31. The molecule has 0 saturated heterocycles. The average Bonchev–Trinajstić information content (AvgIpc) is 2.19. The largest absolute Gasteiger partial charge is 0.493 e. The zero-order valence-electron chi connectivity index (χ0n) is 8.64. The fraction of sp³-hybridized carbons (Fsp3) is 0.455. The molecule has 0 aliphatic carbocycles. The number of halogens is 1. The fourth-order valence-corrected chi connectivity index (χ4v) is 1.39. The summed E-state index contributed by atoms with van der Waals surface area (Å²) >= 11 is 5.99. The number of hydrogen-bond donors (Lipinski definition) is 1. The summed E-state index contributed by atoms with van der Waals surface area (Å²) in [6.45, 7) is 5.21. The van der Waals surface area contributed by atoms with Crippen molar-refractivity contribution in [1.82, 2.24) is 0 Å². The summed E-state index contributed by atoms with van der Waals surface area (Å²) in [5.41, 5.74) is 7.59. The first-order chi connectivity index (χ1) is 6.69. The van der Waals surface area contributed by atoms with Crippen LogP contribution in [0.25, 0.3) is 0 Å². The van der Waals surface area contributed by atoms with Crippen LogP contribution in [0.3, 0.4) is 0 Å². The normalized spacial score (nSPS) is 10.3. The van der Waals surface area contributed by atoms with Crippen molar-refractivity contribution in [1.29, 1.82) is 0 Å². The van der Waals surface area contributed by atoms with Crippen LogP contribution in [0, 0.1) is 6.92 Å². The lowest BCUT2D eigenvalue weighted by Gasteiger charge is -2.11. The monoisotopic (exact) mass is 213 g/mol. The van der Waals surface area contributed by atoms with Crippen LogP contribution in [0.5, 0.6) is 5.75 Å². The van der Waals surface area contributed by atoms with E-state index in [1.54, 1.807) is 0 Å². The first-order valence-corrected chi connectivity index (χ1v) is 5.18. The van der Waals surface area contributed by atoms with Gasteiger partial charge in [0.2, 0.25) is 0 Å². The van der Waals surface area contributed by atoms with Crippen LogP contribution < -0.4 is 10.5 Å². The summed E-state index contributed by atoms with van der Waals surface area (Å²) in [5, 5.41) is 0.745. The van der Waals surface area contributed by atoms with Crippen molar-refractivity contribution in [2.75, 3.05) is 6.61 Å². The van der Waals surface area contributed by atoms with Gasteiger partial charge in [0.05, 0.1) is 6.61 Å². The van der Waals surface area contributed by atoms with Crippen molar-refractivity contribution < 1.29 is 4.74 Å². The molecule has 78 valence electrons. The molecule has 0 spiro atoms. The Balaban J connectivity index is 2.95. The van der Waals surface area contributed by atoms with Gasteiger partial charge in [-0.1, -0.05) is 18.5 Å². The molecular weight excluding hydrogens is 198 g/mol. The van der Waals surface area contributed by atoms with E-state index in [1.807, 2.05) is 19.1 Å². The van der Waals surface area contributed by atoms with E-state index in [-0.39, 0.29) is 0 Å². The molecule has 0 bridgehead atoms. The molecule has 14 heavy (non-hydrogen) atoms. The summed E-state index contributed by atoms with van der Waals surface area (Å²) in [6, 6.07) is 3.82. The van der Waals surface area contributed by atoms with Crippen molar-refractivity contribution in [2.45, 2.75) is 26.8 Å². The standard InChI is InChI=1S/C11H16ClNO/c1-3-4-14-11-5-8(2)10(12)6-9(11)7-13/h5-6H,3-4,7,13H2,1-2H3. The summed E-state index contributed by atoms with van der Waals surface area (Å²) in [5.74, 6) is 0.858. The number of rotatable bonds is 4.